The van der Waals surface area contributed by atoms with E-state index in [4.69, 9.17) is 4.74 Å². The molecule has 2 aromatic carbocycles. The molecule has 0 saturated carbocycles. The van der Waals surface area contributed by atoms with E-state index < -0.39 is 0 Å². The summed E-state index contributed by atoms with van der Waals surface area (Å²) >= 11 is 0. The lowest BCUT2D eigenvalue weighted by Gasteiger charge is -2.09. The Morgan fingerprint density at radius 1 is 1.00 bits per heavy atom. The highest BCUT2D eigenvalue weighted by Gasteiger charge is 2.17. The number of rotatable bonds is 1. The van der Waals surface area contributed by atoms with Crippen molar-refractivity contribution in [3.8, 4) is 11.1 Å². The molecular weight excluding hydrogens is 222 g/mol. The molecule has 2 nitrogen and oxygen atoms in total. The van der Waals surface area contributed by atoms with Gasteiger partial charge in [-0.15, -0.1) is 0 Å². The summed E-state index contributed by atoms with van der Waals surface area (Å²) in [7, 11) is 0. The zero-order valence-electron chi connectivity index (χ0n) is 10.2. The molecule has 0 aromatic heterocycles. The molecule has 2 aromatic rings. The summed E-state index contributed by atoms with van der Waals surface area (Å²) in [4.78, 5) is 0. The van der Waals surface area contributed by atoms with E-state index in [1.807, 2.05) is 0 Å². The minimum absolute atomic E-state index is 0.760. The molecule has 2 heteroatoms. The van der Waals surface area contributed by atoms with Crippen molar-refractivity contribution in [1.29, 1.82) is 0 Å². The van der Waals surface area contributed by atoms with Crippen molar-refractivity contribution in [2.75, 3.05) is 11.9 Å². The summed E-state index contributed by atoms with van der Waals surface area (Å²) in [5.74, 6) is 0. The molecule has 0 amide bonds. The van der Waals surface area contributed by atoms with E-state index in [1.54, 1.807) is 0 Å². The summed E-state index contributed by atoms with van der Waals surface area (Å²) in [5.41, 5.74) is 8.12. The second-order valence-corrected chi connectivity index (χ2v) is 4.98. The molecule has 0 bridgehead atoms. The first kappa shape index (κ1) is 10.2. The average Bonchev–Trinajstić information content (AvgIpc) is 3.05. The van der Waals surface area contributed by atoms with E-state index >= 15 is 0 Å². The SMILES string of the molecule is c1cc2c(c(-c3ccc4c(c3)COC4)c1)CCN2. The fourth-order valence-electron chi connectivity index (χ4n) is 2.95. The van der Waals surface area contributed by atoms with Crippen molar-refractivity contribution in [3.05, 3.63) is 53.1 Å². The van der Waals surface area contributed by atoms with Gasteiger partial charge in [0.25, 0.3) is 0 Å². The maximum absolute atomic E-state index is 5.49. The molecule has 18 heavy (non-hydrogen) atoms. The Balaban J connectivity index is 1.86. The normalized spacial score (nSPS) is 16.2. The standard InChI is InChI=1S/C16H15NO/c1-2-14(15-6-7-17-16(15)3-1)11-4-5-12-9-18-10-13(12)8-11/h1-5,8,17H,6-7,9-10H2. The number of anilines is 1. The van der Waals surface area contributed by atoms with Gasteiger partial charge >= 0.3 is 0 Å². The molecule has 0 fully saturated rings. The number of hydrogen-bond donors (Lipinski definition) is 1. The molecule has 4 rings (SSSR count). The summed E-state index contributed by atoms with van der Waals surface area (Å²) in [5, 5.41) is 3.44. The molecule has 0 atom stereocenters. The Hall–Kier alpha value is -1.80. The van der Waals surface area contributed by atoms with Gasteiger partial charge in [-0.05, 0) is 46.4 Å². The van der Waals surface area contributed by atoms with Crippen LogP contribution in [0.4, 0.5) is 5.69 Å². The topological polar surface area (TPSA) is 21.3 Å². The van der Waals surface area contributed by atoms with Crippen LogP contribution in [-0.4, -0.2) is 6.54 Å². The highest BCUT2D eigenvalue weighted by molar-refractivity contribution is 5.76. The van der Waals surface area contributed by atoms with E-state index in [9.17, 15) is 0 Å². The second kappa shape index (κ2) is 3.85. The van der Waals surface area contributed by atoms with Crippen LogP contribution in [0.25, 0.3) is 11.1 Å². The fraction of sp³-hybridized carbons (Fsp3) is 0.250. The molecular formula is C16H15NO. The van der Waals surface area contributed by atoms with Crippen molar-refractivity contribution in [1.82, 2.24) is 0 Å². The predicted molar refractivity (Wildman–Crippen MR) is 72.6 cm³/mol. The minimum Gasteiger partial charge on any atom is -0.384 e. The highest BCUT2D eigenvalue weighted by Crippen LogP contribution is 2.34. The maximum Gasteiger partial charge on any atom is 0.0725 e. The van der Waals surface area contributed by atoms with E-state index in [0.717, 1.165) is 26.2 Å². The first-order valence-electron chi connectivity index (χ1n) is 6.47. The number of benzene rings is 2. The summed E-state index contributed by atoms with van der Waals surface area (Å²) in [6, 6.07) is 13.2. The van der Waals surface area contributed by atoms with Gasteiger partial charge in [0.05, 0.1) is 13.2 Å². The van der Waals surface area contributed by atoms with Gasteiger partial charge in [-0.25, -0.2) is 0 Å². The van der Waals surface area contributed by atoms with Gasteiger partial charge in [0.1, 0.15) is 0 Å². The van der Waals surface area contributed by atoms with Crippen LogP contribution in [-0.2, 0) is 24.4 Å². The first-order valence-corrected chi connectivity index (χ1v) is 6.47. The molecule has 2 aliphatic rings. The molecule has 90 valence electrons. The van der Waals surface area contributed by atoms with Gasteiger partial charge in [-0.1, -0.05) is 24.3 Å². The van der Waals surface area contributed by atoms with Gasteiger partial charge in [-0.3, -0.25) is 0 Å². The average molecular weight is 237 g/mol. The van der Waals surface area contributed by atoms with Crippen LogP contribution in [0, 0.1) is 0 Å². The van der Waals surface area contributed by atoms with Crippen LogP contribution in [0.3, 0.4) is 0 Å². The first-order chi connectivity index (χ1) is 8.92. The third kappa shape index (κ3) is 1.46. The van der Waals surface area contributed by atoms with Crippen molar-refractivity contribution >= 4 is 5.69 Å². The van der Waals surface area contributed by atoms with Crippen molar-refractivity contribution in [3.63, 3.8) is 0 Å². The number of fused-ring (bicyclic) bond motifs is 2. The molecule has 0 unspecified atom stereocenters. The van der Waals surface area contributed by atoms with Crippen LogP contribution < -0.4 is 5.32 Å². The molecule has 1 N–H and O–H groups in total. The van der Waals surface area contributed by atoms with Gasteiger partial charge in [0.2, 0.25) is 0 Å². The quantitative estimate of drug-likeness (QED) is 0.821. The number of hydrogen-bond acceptors (Lipinski definition) is 2. The van der Waals surface area contributed by atoms with E-state index in [0.29, 0.717) is 0 Å². The largest absolute Gasteiger partial charge is 0.384 e. The van der Waals surface area contributed by atoms with Crippen LogP contribution in [0.1, 0.15) is 16.7 Å². The molecule has 0 radical (unpaired) electrons. The second-order valence-electron chi connectivity index (χ2n) is 4.98. The van der Waals surface area contributed by atoms with E-state index in [1.165, 1.54) is 33.5 Å². The summed E-state index contributed by atoms with van der Waals surface area (Å²) < 4.78 is 5.49. The lowest BCUT2D eigenvalue weighted by atomic mass is 9.95. The van der Waals surface area contributed by atoms with Gasteiger partial charge in [0.15, 0.2) is 0 Å². The Bertz CT molecular complexity index is 618. The van der Waals surface area contributed by atoms with Crippen LogP contribution in [0.15, 0.2) is 36.4 Å². The van der Waals surface area contributed by atoms with E-state index in [-0.39, 0.29) is 0 Å². The minimum atomic E-state index is 0.760. The number of ether oxygens (including phenoxy) is 1. The van der Waals surface area contributed by atoms with Crippen LogP contribution in [0.5, 0.6) is 0 Å². The zero-order chi connectivity index (χ0) is 11.9. The number of nitrogens with one attached hydrogen (secondary N) is 1. The highest BCUT2D eigenvalue weighted by atomic mass is 16.5. The predicted octanol–water partition coefficient (Wildman–Crippen LogP) is 3.35. The monoisotopic (exact) mass is 237 g/mol. The zero-order valence-corrected chi connectivity index (χ0v) is 10.2. The Kier molecular flexibility index (Phi) is 2.17. The molecule has 0 saturated heterocycles. The third-order valence-corrected chi connectivity index (χ3v) is 3.90. The lowest BCUT2D eigenvalue weighted by Crippen LogP contribution is -1.90. The van der Waals surface area contributed by atoms with Gasteiger partial charge < -0.3 is 10.1 Å². The van der Waals surface area contributed by atoms with Crippen molar-refractivity contribution < 1.29 is 4.74 Å². The van der Waals surface area contributed by atoms with Crippen LogP contribution >= 0.6 is 0 Å². The van der Waals surface area contributed by atoms with Gasteiger partial charge in [-0.2, -0.15) is 0 Å². The Morgan fingerprint density at radius 3 is 2.94 bits per heavy atom. The Morgan fingerprint density at radius 2 is 1.94 bits per heavy atom. The molecule has 0 spiro atoms. The molecule has 2 heterocycles. The Labute approximate surface area is 107 Å². The summed E-state index contributed by atoms with van der Waals surface area (Å²) in [6.45, 7) is 2.58. The smallest absolute Gasteiger partial charge is 0.0725 e. The molecule has 0 aliphatic carbocycles. The lowest BCUT2D eigenvalue weighted by molar-refractivity contribution is 0.134. The van der Waals surface area contributed by atoms with Crippen LogP contribution in [0.2, 0.25) is 0 Å². The summed E-state index contributed by atoms with van der Waals surface area (Å²) in [6.07, 6.45) is 1.12. The molecule has 2 aliphatic heterocycles. The van der Waals surface area contributed by atoms with Crippen molar-refractivity contribution in [2.45, 2.75) is 19.6 Å². The van der Waals surface area contributed by atoms with E-state index in [2.05, 4.69) is 41.7 Å². The maximum atomic E-state index is 5.49. The van der Waals surface area contributed by atoms with Crippen molar-refractivity contribution in [2.24, 2.45) is 0 Å². The van der Waals surface area contributed by atoms with Gasteiger partial charge in [0, 0.05) is 12.2 Å². The third-order valence-electron chi connectivity index (χ3n) is 3.90. The fourth-order valence-corrected chi connectivity index (χ4v) is 2.95.